The summed E-state index contributed by atoms with van der Waals surface area (Å²) in [6, 6.07) is 13.2. The number of benzene rings is 1. The number of nitrogens with zero attached hydrogens (tertiary/aromatic N) is 3. The van der Waals surface area contributed by atoms with Gasteiger partial charge in [0.15, 0.2) is 5.09 Å². The fourth-order valence-corrected chi connectivity index (χ4v) is 3.75. The number of pyridine rings is 2. The third kappa shape index (κ3) is 5.31. The maximum Gasteiger partial charge on any atom is 0.227 e. The molecule has 8 heteroatoms. The molecule has 3 aromatic heterocycles. The highest BCUT2D eigenvalue weighted by Crippen LogP contribution is 2.34. The molecule has 4 aromatic rings. The van der Waals surface area contributed by atoms with Crippen LogP contribution in [0.3, 0.4) is 0 Å². The van der Waals surface area contributed by atoms with Crippen LogP contribution in [0.5, 0.6) is 0 Å². The van der Waals surface area contributed by atoms with Crippen LogP contribution in [0.15, 0.2) is 75.5 Å². The standard InChI is InChI=1S/C23H19ClFN3O2S/c1-23(2,29)19-9-3-14(12-26-19)11-18-22(31-20-10-6-16(24)13-27-20)30-21(28-18)15-4-7-17(25)8-5-15/h3-10,12-13,29H,11H2,1-2H3. The number of hydrogen-bond acceptors (Lipinski definition) is 6. The highest BCUT2D eigenvalue weighted by atomic mass is 35.5. The molecule has 0 aliphatic rings. The predicted octanol–water partition coefficient (Wildman–Crippen LogP) is 5.89. The molecule has 3 heterocycles. The summed E-state index contributed by atoms with van der Waals surface area (Å²) in [5.74, 6) is 0.0704. The van der Waals surface area contributed by atoms with Gasteiger partial charge in [0.05, 0.1) is 16.4 Å². The maximum absolute atomic E-state index is 13.3. The Morgan fingerprint density at radius 1 is 1.03 bits per heavy atom. The van der Waals surface area contributed by atoms with Gasteiger partial charge in [-0.25, -0.2) is 14.4 Å². The summed E-state index contributed by atoms with van der Waals surface area (Å²) in [5.41, 5.74) is 1.87. The van der Waals surface area contributed by atoms with Gasteiger partial charge in [-0.1, -0.05) is 17.7 Å². The third-order valence-corrected chi connectivity index (χ3v) is 5.65. The van der Waals surface area contributed by atoms with E-state index in [2.05, 4.69) is 15.0 Å². The minimum atomic E-state index is -1.01. The topological polar surface area (TPSA) is 72.0 Å². The number of aromatic nitrogens is 3. The molecular formula is C23H19ClFN3O2S. The fourth-order valence-electron chi connectivity index (χ4n) is 2.85. The van der Waals surface area contributed by atoms with Crippen LogP contribution in [0, 0.1) is 5.82 Å². The zero-order valence-corrected chi connectivity index (χ0v) is 18.4. The number of hydrogen-bond donors (Lipinski definition) is 1. The Bertz CT molecular complexity index is 1170. The van der Waals surface area contributed by atoms with Gasteiger partial charge in [0, 0.05) is 24.4 Å². The minimum absolute atomic E-state index is 0.325. The SMILES string of the molecule is CC(C)(O)c1ccc(Cc2nc(-c3ccc(F)cc3)oc2Sc2ccc(Cl)cn2)cn1. The van der Waals surface area contributed by atoms with Crippen molar-refractivity contribution >= 4 is 23.4 Å². The molecule has 0 saturated carbocycles. The Labute approximate surface area is 188 Å². The van der Waals surface area contributed by atoms with Crippen molar-refractivity contribution in [3.05, 3.63) is 88.7 Å². The van der Waals surface area contributed by atoms with Crippen molar-refractivity contribution in [3.63, 3.8) is 0 Å². The van der Waals surface area contributed by atoms with Crippen LogP contribution < -0.4 is 0 Å². The first-order valence-corrected chi connectivity index (χ1v) is 10.7. The summed E-state index contributed by atoms with van der Waals surface area (Å²) >= 11 is 7.27. The van der Waals surface area contributed by atoms with E-state index in [4.69, 9.17) is 16.0 Å². The van der Waals surface area contributed by atoms with Crippen molar-refractivity contribution < 1.29 is 13.9 Å². The van der Waals surface area contributed by atoms with Crippen LogP contribution >= 0.6 is 23.4 Å². The first kappa shape index (κ1) is 21.5. The van der Waals surface area contributed by atoms with Crippen molar-refractivity contribution in [3.8, 4) is 11.5 Å². The van der Waals surface area contributed by atoms with E-state index in [1.54, 1.807) is 56.6 Å². The third-order valence-electron chi connectivity index (χ3n) is 4.47. The lowest BCUT2D eigenvalue weighted by Crippen LogP contribution is -2.17. The lowest BCUT2D eigenvalue weighted by Gasteiger charge is -2.16. The van der Waals surface area contributed by atoms with Crippen molar-refractivity contribution in [2.75, 3.05) is 0 Å². The van der Waals surface area contributed by atoms with Crippen LogP contribution in [0.1, 0.15) is 30.8 Å². The van der Waals surface area contributed by atoms with Gasteiger partial charge in [0.25, 0.3) is 0 Å². The monoisotopic (exact) mass is 455 g/mol. The van der Waals surface area contributed by atoms with Gasteiger partial charge < -0.3 is 9.52 Å². The Hall–Kier alpha value is -2.74. The lowest BCUT2D eigenvalue weighted by molar-refractivity contribution is 0.0738. The number of aliphatic hydroxyl groups is 1. The molecule has 0 atom stereocenters. The minimum Gasteiger partial charge on any atom is -0.429 e. The van der Waals surface area contributed by atoms with E-state index >= 15 is 0 Å². The fraction of sp³-hybridized carbons (Fsp3) is 0.174. The molecule has 0 saturated heterocycles. The Morgan fingerprint density at radius 2 is 1.81 bits per heavy atom. The van der Waals surface area contributed by atoms with Crippen LogP contribution in [0.2, 0.25) is 5.02 Å². The Morgan fingerprint density at radius 3 is 2.42 bits per heavy atom. The average Bonchev–Trinajstić information content (AvgIpc) is 3.12. The van der Waals surface area contributed by atoms with Crippen LogP contribution in [0.25, 0.3) is 11.5 Å². The Balaban J connectivity index is 1.66. The molecule has 0 aliphatic carbocycles. The molecule has 31 heavy (non-hydrogen) atoms. The van der Waals surface area contributed by atoms with Gasteiger partial charge in [-0.3, -0.25) is 4.98 Å². The van der Waals surface area contributed by atoms with Crippen LogP contribution in [-0.2, 0) is 12.0 Å². The molecule has 0 bridgehead atoms. The van der Waals surface area contributed by atoms with Gasteiger partial charge in [-0.05, 0) is 73.6 Å². The molecular weight excluding hydrogens is 437 g/mol. The van der Waals surface area contributed by atoms with E-state index in [0.29, 0.717) is 44.4 Å². The summed E-state index contributed by atoms with van der Waals surface area (Å²) < 4.78 is 19.3. The number of rotatable bonds is 6. The van der Waals surface area contributed by atoms with E-state index in [1.807, 2.05) is 6.07 Å². The van der Waals surface area contributed by atoms with Crippen LogP contribution in [0.4, 0.5) is 4.39 Å². The summed E-state index contributed by atoms with van der Waals surface area (Å²) in [4.78, 5) is 13.3. The van der Waals surface area contributed by atoms with Crippen molar-refractivity contribution in [2.45, 2.75) is 36.0 Å². The normalized spacial score (nSPS) is 11.6. The molecule has 5 nitrogen and oxygen atoms in total. The second-order valence-electron chi connectivity index (χ2n) is 7.46. The molecule has 0 spiro atoms. The average molecular weight is 456 g/mol. The lowest BCUT2D eigenvalue weighted by atomic mass is 10.0. The number of halogens is 2. The molecule has 0 fully saturated rings. The van der Waals surface area contributed by atoms with Gasteiger partial charge in [-0.15, -0.1) is 0 Å². The summed E-state index contributed by atoms with van der Waals surface area (Å²) in [7, 11) is 0. The largest absolute Gasteiger partial charge is 0.429 e. The zero-order valence-electron chi connectivity index (χ0n) is 16.8. The van der Waals surface area contributed by atoms with Crippen molar-refractivity contribution in [1.82, 2.24) is 15.0 Å². The van der Waals surface area contributed by atoms with E-state index in [9.17, 15) is 9.50 Å². The van der Waals surface area contributed by atoms with E-state index < -0.39 is 5.60 Å². The summed E-state index contributed by atoms with van der Waals surface area (Å²) in [6.07, 6.45) is 3.76. The molecule has 4 rings (SSSR count). The highest BCUT2D eigenvalue weighted by Gasteiger charge is 2.20. The number of oxazole rings is 1. The van der Waals surface area contributed by atoms with E-state index in [-0.39, 0.29) is 5.82 Å². The molecule has 0 radical (unpaired) electrons. The quantitative estimate of drug-likeness (QED) is 0.390. The zero-order chi connectivity index (χ0) is 22.0. The smallest absolute Gasteiger partial charge is 0.227 e. The highest BCUT2D eigenvalue weighted by molar-refractivity contribution is 7.99. The summed E-state index contributed by atoms with van der Waals surface area (Å²) in [6.45, 7) is 3.38. The van der Waals surface area contributed by atoms with Crippen molar-refractivity contribution in [2.24, 2.45) is 0 Å². The second-order valence-corrected chi connectivity index (χ2v) is 8.89. The van der Waals surface area contributed by atoms with Crippen LogP contribution in [-0.4, -0.2) is 20.1 Å². The molecule has 1 N–H and O–H groups in total. The molecule has 158 valence electrons. The first-order chi connectivity index (χ1) is 14.8. The van der Waals surface area contributed by atoms with Gasteiger partial charge in [0.2, 0.25) is 5.89 Å². The molecule has 0 amide bonds. The van der Waals surface area contributed by atoms with Crippen molar-refractivity contribution in [1.29, 1.82) is 0 Å². The maximum atomic E-state index is 13.3. The Kier molecular flexibility index (Phi) is 6.09. The molecule has 0 unspecified atom stereocenters. The van der Waals surface area contributed by atoms with E-state index in [1.165, 1.54) is 23.9 Å². The predicted molar refractivity (Wildman–Crippen MR) is 118 cm³/mol. The molecule has 1 aromatic carbocycles. The van der Waals surface area contributed by atoms with Gasteiger partial charge in [0.1, 0.15) is 16.4 Å². The summed E-state index contributed by atoms with van der Waals surface area (Å²) in [5, 5.41) is 12.0. The van der Waals surface area contributed by atoms with Gasteiger partial charge in [-0.2, -0.15) is 0 Å². The first-order valence-electron chi connectivity index (χ1n) is 9.51. The van der Waals surface area contributed by atoms with Gasteiger partial charge >= 0.3 is 0 Å². The molecule has 0 aliphatic heterocycles. The van der Waals surface area contributed by atoms with E-state index in [0.717, 1.165) is 5.56 Å². The second kappa shape index (κ2) is 8.78.